The fourth-order valence-electron chi connectivity index (χ4n) is 2.25. The first-order valence-electron chi connectivity index (χ1n) is 5.70. The smallest absolute Gasteiger partial charge is 0.0139 e. The second-order valence-corrected chi connectivity index (χ2v) is 4.95. The molecule has 1 heterocycles. The molecule has 84 valence electrons. The fraction of sp³-hybridized carbons (Fsp3) is 1.00. The Kier molecular flexibility index (Phi) is 4.85. The van der Waals surface area contributed by atoms with Gasteiger partial charge < -0.3 is 15.5 Å². The Labute approximate surface area is 88.2 Å². The maximum atomic E-state index is 5.75. The Morgan fingerprint density at radius 2 is 2.29 bits per heavy atom. The van der Waals surface area contributed by atoms with Gasteiger partial charge in [-0.2, -0.15) is 0 Å². The molecule has 14 heavy (non-hydrogen) atoms. The van der Waals surface area contributed by atoms with E-state index in [2.05, 4.69) is 30.8 Å². The third-order valence-electron chi connectivity index (χ3n) is 3.01. The first kappa shape index (κ1) is 12.0. The molecular weight excluding hydrogens is 174 g/mol. The van der Waals surface area contributed by atoms with Crippen LogP contribution in [0.3, 0.4) is 0 Å². The van der Waals surface area contributed by atoms with Gasteiger partial charge in [-0.25, -0.2) is 0 Å². The van der Waals surface area contributed by atoms with Crippen LogP contribution in [0.25, 0.3) is 0 Å². The van der Waals surface area contributed by atoms with Crippen LogP contribution in [0.4, 0.5) is 0 Å². The Morgan fingerprint density at radius 3 is 2.79 bits per heavy atom. The largest absolute Gasteiger partial charge is 0.327 e. The summed E-state index contributed by atoms with van der Waals surface area (Å²) in [5, 5.41) is 0. The van der Waals surface area contributed by atoms with Crippen LogP contribution in [0.15, 0.2) is 0 Å². The standard InChI is InChI=1S/C11H25N3/c1-10(12)8-13(2)6-4-11-5-7-14(3)9-11/h10-11H,4-9,12H2,1-3H3. The average Bonchev–Trinajstić information content (AvgIpc) is 2.47. The van der Waals surface area contributed by atoms with Crippen molar-refractivity contribution in [3.63, 3.8) is 0 Å². The van der Waals surface area contributed by atoms with Crippen LogP contribution in [-0.4, -0.2) is 56.1 Å². The van der Waals surface area contributed by atoms with E-state index in [1.165, 1.54) is 32.5 Å². The number of rotatable bonds is 5. The molecule has 3 heteroatoms. The maximum absolute atomic E-state index is 5.75. The summed E-state index contributed by atoms with van der Waals surface area (Å²) in [6, 6.07) is 0.297. The predicted octanol–water partition coefficient (Wildman–Crippen LogP) is 0.607. The second kappa shape index (κ2) is 5.69. The van der Waals surface area contributed by atoms with Gasteiger partial charge in [0.2, 0.25) is 0 Å². The molecule has 0 aromatic carbocycles. The molecule has 1 fully saturated rings. The van der Waals surface area contributed by atoms with Crippen molar-refractivity contribution in [2.75, 3.05) is 40.3 Å². The lowest BCUT2D eigenvalue weighted by molar-refractivity contribution is 0.285. The van der Waals surface area contributed by atoms with Gasteiger partial charge in [0.25, 0.3) is 0 Å². The van der Waals surface area contributed by atoms with Crippen LogP contribution < -0.4 is 5.73 Å². The molecule has 0 aromatic rings. The first-order valence-corrected chi connectivity index (χ1v) is 5.70. The van der Waals surface area contributed by atoms with E-state index in [4.69, 9.17) is 5.73 Å². The highest BCUT2D eigenvalue weighted by Crippen LogP contribution is 2.17. The zero-order chi connectivity index (χ0) is 10.6. The summed E-state index contributed by atoms with van der Waals surface area (Å²) in [6.45, 7) is 6.84. The van der Waals surface area contributed by atoms with Crippen LogP contribution in [0, 0.1) is 5.92 Å². The van der Waals surface area contributed by atoms with Gasteiger partial charge in [-0.05, 0) is 52.9 Å². The molecular formula is C11H25N3. The molecule has 0 aliphatic carbocycles. The zero-order valence-electron chi connectivity index (χ0n) is 9.87. The number of hydrogen-bond donors (Lipinski definition) is 1. The second-order valence-electron chi connectivity index (χ2n) is 4.95. The molecule has 1 saturated heterocycles. The minimum atomic E-state index is 0.297. The molecule has 3 nitrogen and oxygen atoms in total. The Bertz CT molecular complexity index is 159. The summed E-state index contributed by atoms with van der Waals surface area (Å²) in [5.74, 6) is 0.913. The van der Waals surface area contributed by atoms with Crippen molar-refractivity contribution in [1.29, 1.82) is 0 Å². The topological polar surface area (TPSA) is 32.5 Å². The van der Waals surface area contributed by atoms with Crippen LogP contribution in [0.1, 0.15) is 19.8 Å². The minimum absolute atomic E-state index is 0.297. The van der Waals surface area contributed by atoms with E-state index >= 15 is 0 Å². The van der Waals surface area contributed by atoms with Gasteiger partial charge in [0.15, 0.2) is 0 Å². The third-order valence-corrected chi connectivity index (χ3v) is 3.01. The maximum Gasteiger partial charge on any atom is 0.0139 e. The minimum Gasteiger partial charge on any atom is -0.327 e. The van der Waals surface area contributed by atoms with Crippen molar-refractivity contribution in [2.24, 2.45) is 11.7 Å². The van der Waals surface area contributed by atoms with Crippen molar-refractivity contribution in [3.8, 4) is 0 Å². The van der Waals surface area contributed by atoms with E-state index in [0.717, 1.165) is 12.5 Å². The Balaban J connectivity index is 2.08. The molecule has 0 radical (unpaired) electrons. The number of likely N-dealkylation sites (tertiary alicyclic amines) is 1. The lowest BCUT2D eigenvalue weighted by Crippen LogP contribution is -2.34. The average molecular weight is 199 g/mol. The summed E-state index contributed by atoms with van der Waals surface area (Å²) in [7, 11) is 4.38. The van der Waals surface area contributed by atoms with E-state index < -0.39 is 0 Å². The van der Waals surface area contributed by atoms with Crippen molar-refractivity contribution < 1.29 is 0 Å². The molecule has 0 bridgehead atoms. The quantitative estimate of drug-likeness (QED) is 0.704. The van der Waals surface area contributed by atoms with E-state index in [0.29, 0.717) is 6.04 Å². The number of nitrogens with zero attached hydrogens (tertiary/aromatic N) is 2. The summed E-state index contributed by atoms with van der Waals surface area (Å²) >= 11 is 0. The third kappa shape index (κ3) is 4.40. The lowest BCUT2D eigenvalue weighted by Gasteiger charge is -2.20. The monoisotopic (exact) mass is 199 g/mol. The normalized spacial score (nSPS) is 25.9. The fourth-order valence-corrected chi connectivity index (χ4v) is 2.25. The SMILES string of the molecule is CC(N)CN(C)CCC1CCN(C)C1. The van der Waals surface area contributed by atoms with E-state index in [9.17, 15) is 0 Å². The predicted molar refractivity (Wildman–Crippen MR) is 61.4 cm³/mol. The Hall–Kier alpha value is -0.120. The van der Waals surface area contributed by atoms with Crippen molar-refractivity contribution >= 4 is 0 Å². The molecule has 0 amide bonds. The van der Waals surface area contributed by atoms with Crippen molar-refractivity contribution in [1.82, 2.24) is 9.80 Å². The highest BCUT2D eigenvalue weighted by atomic mass is 15.1. The van der Waals surface area contributed by atoms with Crippen LogP contribution in [0.5, 0.6) is 0 Å². The molecule has 0 saturated carbocycles. The van der Waals surface area contributed by atoms with Crippen LogP contribution >= 0.6 is 0 Å². The number of likely N-dealkylation sites (N-methyl/N-ethyl adjacent to an activating group) is 1. The molecule has 0 aromatic heterocycles. The zero-order valence-corrected chi connectivity index (χ0v) is 9.87. The number of hydrogen-bond acceptors (Lipinski definition) is 3. The highest BCUT2D eigenvalue weighted by molar-refractivity contribution is 4.74. The Morgan fingerprint density at radius 1 is 1.57 bits per heavy atom. The van der Waals surface area contributed by atoms with Crippen molar-refractivity contribution in [3.05, 3.63) is 0 Å². The van der Waals surface area contributed by atoms with E-state index in [-0.39, 0.29) is 0 Å². The van der Waals surface area contributed by atoms with Gasteiger partial charge >= 0.3 is 0 Å². The molecule has 2 unspecified atom stereocenters. The molecule has 1 rings (SSSR count). The van der Waals surface area contributed by atoms with Gasteiger partial charge in [0, 0.05) is 19.1 Å². The molecule has 1 aliphatic rings. The molecule has 2 atom stereocenters. The lowest BCUT2D eigenvalue weighted by atomic mass is 10.0. The summed E-state index contributed by atoms with van der Waals surface area (Å²) in [6.07, 6.45) is 2.70. The highest BCUT2D eigenvalue weighted by Gasteiger charge is 2.19. The van der Waals surface area contributed by atoms with E-state index in [1.54, 1.807) is 0 Å². The van der Waals surface area contributed by atoms with Gasteiger partial charge in [-0.15, -0.1) is 0 Å². The van der Waals surface area contributed by atoms with Gasteiger partial charge in [-0.3, -0.25) is 0 Å². The van der Waals surface area contributed by atoms with Gasteiger partial charge in [-0.1, -0.05) is 0 Å². The summed E-state index contributed by atoms with van der Waals surface area (Å²) in [4.78, 5) is 4.78. The summed E-state index contributed by atoms with van der Waals surface area (Å²) < 4.78 is 0. The molecule has 2 N–H and O–H groups in total. The van der Waals surface area contributed by atoms with Crippen LogP contribution in [0.2, 0.25) is 0 Å². The number of nitrogens with two attached hydrogens (primary N) is 1. The van der Waals surface area contributed by atoms with Crippen molar-refractivity contribution in [2.45, 2.75) is 25.8 Å². The van der Waals surface area contributed by atoms with E-state index in [1.807, 2.05) is 0 Å². The van der Waals surface area contributed by atoms with Gasteiger partial charge in [0.1, 0.15) is 0 Å². The molecule has 1 aliphatic heterocycles. The molecule has 0 spiro atoms. The van der Waals surface area contributed by atoms with Gasteiger partial charge in [0.05, 0.1) is 0 Å². The van der Waals surface area contributed by atoms with Crippen LogP contribution in [-0.2, 0) is 0 Å². The summed E-state index contributed by atoms with van der Waals surface area (Å²) in [5.41, 5.74) is 5.75. The first-order chi connectivity index (χ1) is 6.58.